The Morgan fingerprint density at radius 1 is 1.05 bits per heavy atom. The fourth-order valence-corrected chi connectivity index (χ4v) is 3.91. The minimum Gasteiger partial charge on any atom is -0.324 e. The molecule has 3 rings (SSSR count). The predicted octanol–water partition coefficient (Wildman–Crippen LogP) is 2.54. The molecule has 0 aliphatic carbocycles. The molecule has 2 aromatic rings. The van der Waals surface area contributed by atoms with Gasteiger partial charge in [-0.05, 0) is 17.7 Å². The largest absolute Gasteiger partial charge is 0.324 e. The molecule has 1 N–H and O–H groups in total. The highest BCUT2D eigenvalue weighted by atomic mass is 32.2. The lowest BCUT2D eigenvalue weighted by atomic mass is 10.0. The molecule has 0 bridgehead atoms. The molecule has 1 aliphatic rings. The zero-order valence-corrected chi connectivity index (χ0v) is 12.9. The average Bonchev–Trinajstić information content (AvgIpc) is 2.63. The van der Waals surface area contributed by atoms with E-state index in [0.717, 1.165) is 11.8 Å². The van der Waals surface area contributed by atoms with Crippen LogP contribution in [0.1, 0.15) is 18.0 Å². The van der Waals surface area contributed by atoms with E-state index >= 15 is 0 Å². The second kappa shape index (κ2) is 5.46. The van der Waals surface area contributed by atoms with Crippen LogP contribution in [0.25, 0.3) is 0 Å². The molecule has 114 valence electrons. The van der Waals surface area contributed by atoms with Crippen molar-refractivity contribution in [3.63, 3.8) is 0 Å². The van der Waals surface area contributed by atoms with Crippen LogP contribution >= 0.6 is 0 Å². The smallest absolute Gasteiger partial charge is 0.232 e. The molecule has 6 heteroatoms. The van der Waals surface area contributed by atoms with E-state index in [1.165, 1.54) is 4.31 Å². The molecule has 5 nitrogen and oxygen atoms in total. The number of amides is 1. The van der Waals surface area contributed by atoms with E-state index in [4.69, 9.17) is 0 Å². The van der Waals surface area contributed by atoms with E-state index < -0.39 is 16.1 Å². The fraction of sp³-hybridized carbons (Fsp3) is 0.188. The number of benzene rings is 2. The summed E-state index contributed by atoms with van der Waals surface area (Å²) in [6, 6.07) is 15.6. The highest BCUT2D eigenvalue weighted by Gasteiger charge is 2.34. The first-order chi connectivity index (χ1) is 10.5. The zero-order valence-electron chi connectivity index (χ0n) is 12.1. The number of hydrogen-bond donors (Lipinski definition) is 1. The van der Waals surface area contributed by atoms with Gasteiger partial charge < -0.3 is 5.32 Å². The molecule has 0 saturated carbocycles. The standard InChI is InChI=1S/C16H16N2O3S/c1-22(20,21)18-14-10-6-5-9-13(14)17-16(19)11-15(18)12-7-3-2-4-8-12/h2-10,15H,11H2,1H3,(H,17,19). The summed E-state index contributed by atoms with van der Waals surface area (Å²) in [6.07, 6.45) is 1.24. The van der Waals surface area contributed by atoms with Crippen LogP contribution in [-0.2, 0) is 14.8 Å². The topological polar surface area (TPSA) is 66.5 Å². The molecule has 1 unspecified atom stereocenters. The van der Waals surface area contributed by atoms with Crippen LogP contribution < -0.4 is 9.62 Å². The van der Waals surface area contributed by atoms with Gasteiger partial charge in [-0.1, -0.05) is 42.5 Å². The number of sulfonamides is 1. The molecule has 1 amide bonds. The summed E-state index contributed by atoms with van der Waals surface area (Å²) in [6.45, 7) is 0. The Bertz CT molecular complexity index is 803. The van der Waals surface area contributed by atoms with E-state index in [-0.39, 0.29) is 12.3 Å². The molecular formula is C16H16N2O3S. The summed E-state index contributed by atoms with van der Waals surface area (Å²) < 4.78 is 26.1. The van der Waals surface area contributed by atoms with E-state index in [0.29, 0.717) is 11.4 Å². The SMILES string of the molecule is CS(=O)(=O)N1c2ccccc2NC(=O)CC1c1ccccc1. The van der Waals surface area contributed by atoms with Crippen molar-refractivity contribution in [1.82, 2.24) is 0 Å². The van der Waals surface area contributed by atoms with Gasteiger partial charge in [0.05, 0.1) is 30.1 Å². The Balaban J connectivity index is 2.22. The first-order valence-electron chi connectivity index (χ1n) is 6.90. The number of carbonyl (C=O) groups is 1. The number of carbonyl (C=O) groups excluding carboxylic acids is 1. The second-order valence-electron chi connectivity index (χ2n) is 5.25. The molecule has 22 heavy (non-hydrogen) atoms. The predicted molar refractivity (Wildman–Crippen MR) is 86.2 cm³/mol. The molecule has 0 spiro atoms. The maximum Gasteiger partial charge on any atom is 0.232 e. The maximum absolute atomic E-state index is 12.4. The van der Waals surface area contributed by atoms with Gasteiger partial charge in [0.2, 0.25) is 15.9 Å². The van der Waals surface area contributed by atoms with Gasteiger partial charge in [-0.15, -0.1) is 0 Å². The highest BCUT2D eigenvalue weighted by Crippen LogP contribution is 2.39. The normalized spacial score (nSPS) is 18.3. The lowest BCUT2D eigenvalue weighted by Gasteiger charge is -2.30. The Labute approximate surface area is 129 Å². The van der Waals surface area contributed by atoms with Gasteiger partial charge in [0.25, 0.3) is 0 Å². The van der Waals surface area contributed by atoms with Crippen LogP contribution in [0.15, 0.2) is 54.6 Å². The lowest BCUT2D eigenvalue weighted by molar-refractivity contribution is -0.116. The minimum absolute atomic E-state index is 0.0752. The fourth-order valence-electron chi connectivity index (χ4n) is 2.74. The van der Waals surface area contributed by atoms with Gasteiger partial charge in [-0.3, -0.25) is 9.10 Å². The van der Waals surface area contributed by atoms with Crippen LogP contribution in [0.2, 0.25) is 0 Å². The van der Waals surface area contributed by atoms with E-state index in [1.54, 1.807) is 24.3 Å². The average molecular weight is 316 g/mol. The molecule has 1 heterocycles. The summed E-state index contributed by atoms with van der Waals surface area (Å²) >= 11 is 0. The van der Waals surface area contributed by atoms with E-state index in [2.05, 4.69) is 5.32 Å². The van der Waals surface area contributed by atoms with Gasteiger partial charge in [-0.25, -0.2) is 8.42 Å². The lowest BCUT2D eigenvalue weighted by Crippen LogP contribution is -2.34. The maximum atomic E-state index is 12.4. The van der Waals surface area contributed by atoms with Crippen LogP contribution in [-0.4, -0.2) is 20.6 Å². The number of nitrogens with one attached hydrogen (secondary N) is 1. The molecule has 0 fully saturated rings. The number of anilines is 2. The summed E-state index contributed by atoms with van der Waals surface area (Å²) in [5.74, 6) is -0.201. The number of para-hydroxylation sites is 2. The van der Waals surface area contributed by atoms with Crippen molar-refractivity contribution in [3.05, 3.63) is 60.2 Å². The Kier molecular flexibility index (Phi) is 3.62. The number of rotatable bonds is 2. The number of hydrogen-bond acceptors (Lipinski definition) is 3. The van der Waals surface area contributed by atoms with Gasteiger partial charge >= 0.3 is 0 Å². The second-order valence-corrected chi connectivity index (χ2v) is 7.11. The Morgan fingerprint density at radius 2 is 1.68 bits per heavy atom. The molecule has 2 aromatic carbocycles. The minimum atomic E-state index is -3.54. The van der Waals surface area contributed by atoms with Gasteiger partial charge in [-0.2, -0.15) is 0 Å². The quantitative estimate of drug-likeness (QED) is 0.926. The third kappa shape index (κ3) is 2.69. The van der Waals surface area contributed by atoms with Crippen LogP contribution in [0.4, 0.5) is 11.4 Å². The van der Waals surface area contributed by atoms with Crippen LogP contribution in [0.3, 0.4) is 0 Å². The summed E-state index contributed by atoms with van der Waals surface area (Å²) in [7, 11) is -3.54. The third-order valence-electron chi connectivity index (χ3n) is 3.62. The van der Waals surface area contributed by atoms with Crippen molar-refractivity contribution in [3.8, 4) is 0 Å². The monoisotopic (exact) mass is 316 g/mol. The number of nitrogens with zero attached hydrogens (tertiary/aromatic N) is 1. The number of fused-ring (bicyclic) bond motifs is 1. The molecule has 1 atom stereocenters. The Hall–Kier alpha value is -2.34. The Morgan fingerprint density at radius 3 is 2.36 bits per heavy atom. The van der Waals surface area contributed by atoms with Crippen molar-refractivity contribution in [2.24, 2.45) is 0 Å². The van der Waals surface area contributed by atoms with Gasteiger partial charge in [0.15, 0.2) is 0 Å². The highest BCUT2D eigenvalue weighted by molar-refractivity contribution is 7.92. The van der Waals surface area contributed by atoms with E-state index in [1.807, 2.05) is 30.3 Å². The first kappa shape index (κ1) is 14.6. The molecule has 1 aliphatic heterocycles. The van der Waals surface area contributed by atoms with Crippen molar-refractivity contribution in [2.45, 2.75) is 12.5 Å². The molecule has 0 aromatic heterocycles. The molecule has 0 radical (unpaired) electrons. The molecular weight excluding hydrogens is 300 g/mol. The third-order valence-corrected chi connectivity index (χ3v) is 4.78. The van der Waals surface area contributed by atoms with Crippen LogP contribution in [0, 0.1) is 0 Å². The zero-order chi connectivity index (χ0) is 15.7. The van der Waals surface area contributed by atoms with Crippen LogP contribution in [0.5, 0.6) is 0 Å². The summed E-state index contributed by atoms with van der Waals surface area (Å²) in [4.78, 5) is 12.2. The van der Waals surface area contributed by atoms with Gasteiger partial charge in [0, 0.05) is 0 Å². The van der Waals surface area contributed by atoms with Crippen molar-refractivity contribution < 1.29 is 13.2 Å². The van der Waals surface area contributed by atoms with Gasteiger partial charge in [0.1, 0.15) is 0 Å². The van der Waals surface area contributed by atoms with Crippen molar-refractivity contribution >= 4 is 27.3 Å². The van der Waals surface area contributed by atoms with E-state index in [9.17, 15) is 13.2 Å². The molecule has 0 saturated heterocycles. The summed E-state index contributed by atoms with van der Waals surface area (Å²) in [5.41, 5.74) is 1.79. The van der Waals surface area contributed by atoms with Crippen molar-refractivity contribution in [1.29, 1.82) is 0 Å². The summed E-state index contributed by atoms with van der Waals surface area (Å²) in [5, 5.41) is 2.78. The first-order valence-corrected chi connectivity index (χ1v) is 8.75. The van der Waals surface area contributed by atoms with Crippen molar-refractivity contribution in [2.75, 3.05) is 15.9 Å².